The van der Waals surface area contributed by atoms with Gasteiger partial charge < -0.3 is 14.5 Å². The predicted molar refractivity (Wildman–Crippen MR) is 106 cm³/mol. The lowest BCUT2D eigenvalue weighted by Crippen LogP contribution is -2.37. The largest absolute Gasteiger partial charge is 0.492 e. The molecule has 1 aliphatic rings. The van der Waals surface area contributed by atoms with E-state index in [0.717, 1.165) is 11.3 Å². The first kappa shape index (κ1) is 19.0. The second-order valence-electron chi connectivity index (χ2n) is 6.64. The molecule has 0 spiro atoms. The lowest BCUT2D eigenvalue weighted by Gasteiger charge is -2.25. The summed E-state index contributed by atoms with van der Waals surface area (Å²) in [6.07, 6.45) is 0.241. The van der Waals surface area contributed by atoms with E-state index in [1.54, 1.807) is 4.90 Å². The van der Waals surface area contributed by atoms with Gasteiger partial charge in [0.15, 0.2) is 0 Å². The molecule has 1 heterocycles. The summed E-state index contributed by atoms with van der Waals surface area (Å²) in [5.41, 5.74) is 1.83. The molecule has 0 radical (unpaired) electrons. The van der Waals surface area contributed by atoms with Crippen LogP contribution in [0.2, 0.25) is 0 Å². The number of para-hydroxylation sites is 2. The van der Waals surface area contributed by atoms with Crippen molar-refractivity contribution < 1.29 is 14.3 Å². The summed E-state index contributed by atoms with van der Waals surface area (Å²) in [7, 11) is 0. The van der Waals surface area contributed by atoms with Gasteiger partial charge in [0.05, 0.1) is 18.2 Å². The molecule has 1 fully saturated rings. The van der Waals surface area contributed by atoms with Gasteiger partial charge in [0, 0.05) is 26.1 Å². The van der Waals surface area contributed by atoms with E-state index in [4.69, 9.17) is 4.74 Å². The van der Waals surface area contributed by atoms with Crippen LogP contribution in [0.25, 0.3) is 0 Å². The smallest absolute Gasteiger partial charge is 0.228 e. The van der Waals surface area contributed by atoms with E-state index in [1.165, 1.54) is 0 Å². The van der Waals surface area contributed by atoms with E-state index in [1.807, 2.05) is 73.3 Å². The average Bonchev–Trinajstić information content (AvgIpc) is 3.08. The summed E-state index contributed by atoms with van der Waals surface area (Å²) in [5.74, 6) is 0.358. The Hall–Kier alpha value is -2.82. The molecule has 0 aliphatic carbocycles. The van der Waals surface area contributed by atoms with Crippen LogP contribution in [0.15, 0.2) is 54.6 Å². The van der Waals surface area contributed by atoms with E-state index in [2.05, 4.69) is 0 Å². The van der Waals surface area contributed by atoms with Gasteiger partial charge >= 0.3 is 0 Å². The van der Waals surface area contributed by atoms with Crippen LogP contribution in [0.3, 0.4) is 0 Å². The van der Waals surface area contributed by atoms with Crippen molar-refractivity contribution in [1.29, 1.82) is 0 Å². The van der Waals surface area contributed by atoms with E-state index < -0.39 is 0 Å². The van der Waals surface area contributed by atoms with E-state index in [-0.39, 0.29) is 24.2 Å². The number of hydrogen-bond acceptors (Lipinski definition) is 3. The number of benzene rings is 2. The Bertz CT molecular complexity index is 791. The molecular formula is C22H26N2O3. The minimum Gasteiger partial charge on any atom is -0.492 e. The molecule has 2 aromatic carbocycles. The molecule has 0 N–H and O–H groups in total. The molecule has 3 rings (SSSR count). The minimum absolute atomic E-state index is 0.0312. The molecule has 0 saturated carbocycles. The molecule has 1 saturated heterocycles. The van der Waals surface area contributed by atoms with Crippen LogP contribution in [0.4, 0.5) is 5.69 Å². The van der Waals surface area contributed by atoms with Crippen LogP contribution >= 0.6 is 0 Å². The Morgan fingerprint density at radius 3 is 2.52 bits per heavy atom. The number of rotatable bonds is 7. The molecule has 5 heteroatoms. The molecule has 5 nitrogen and oxygen atoms in total. The van der Waals surface area contributed by atoms with Gasteiger partial charge in [-0.2, -0.15) is 0 Å². The molecule has 27 heavy (non-hydrogen) atoms. The van der Waals surface area contributed by atoms with Gasteiger partial charge in [-0.25, -0.2) is 0 Å². The maximum Gasteiger partial charge on any atom is 0.228 e. The third-order valence-corrected chi connectivity index (χ3v) is 4.84. The first-order valence-electron chi connectivity index (χ1n) is 9.49. The van der Waals surface area contributed by atoms with Crippen LogP contribution in [-0.4, -0.2) is 36.4 Å². The summed E-state index contributed by atoms with van der Waals surface area (Å²) in [5, 5.41) is 0. The summed E-state index contributed by atoms with van der Waals surface area (Å²) >= 11 is 0. The summed E-state index contributed by atoms with van der Waals surface area (Å²) < 4.78 is 5.65. The van der Waals surface area contributed by atoms with Crippen LogP contribution in [0.5, 0.6) is 5.75 Å². The molecule has 2 aromatic rings. The zero-order chi connectivity index (χ0) is 19.2. The van der Waals surface area contributed by atoms with Gasteiger partial charge in [-0.05, 0) is 31.5 Å². The first-order chi connectivity index (χ1) is 13.1. The van der Waals surface area contributed by atoms with Crippen molar-refractivity contribution in [2.24, 2.45) is 5.92 Å². The van der Waals surface area contributed by atoms with Gasteiger partial charge in [-0.3, -0.25) is 9.59 Å². The maximum absolute atomic E-state index is 13.0. The number of anilines is 1. The standard InChI is InChI=1S/C22H26N2O3/c1-3-23(15-17-10-6-5-7-11-17)22(26)18-14-21(25)24(16-18)19-12-8-9-13-20(19)27-4-2/h5-13,18H,3-4,14-16H2,1-2H3. The molecule has 0 bridgehead atoms. The van der Waals surface area contributed by atoms with E-state index >= 15 is 0 Å². The van der Waals surface area contributed by atoms with Gasteiger partial charge in [0.1, 0.15) is 5.75 Å². The SMILES string of the molecule is CCOc1ccccc1N1CC(C(=O)N(CC)Cc2ccccc2)CC1=O. The Labute approximate surface area is 160 Å². The summed E-state index contributed by atoms with van der Waals surface area (Å²) in [4.78, 5) is 29.2. The molecular weight excluding hydrogens is 340 g/mol. The molecule has 1 unspecified atom stereocenters. The summed E-state index contributed by atoms with van der Waals surface area (Å²) in [6.45, 7) is 6.00. The number of amides is 2. The highest BCUT2D eigenvalue weighted by atomic mass is 16.5. The highest BCUT2D eigenvalue weighted by Gasteiger charge is 2.37. The first-order valence-corrected chi connectivity index (χ1v) is 9.49. The predicted octanol–water partition coefficient (Wildman–Crippen LogP) is 3.49. The highest BCUT2D eigenvalue weighted by Crippen LogP contribution is 2.33. The van der Waals surface area contributed by atoms with Crippen molar-refractivity contribution in [1.82, 2.24) is 4.90 Å². The van der Waals surface area contributed by atoms with E-state index in [9.17, 15) is 9.59 Å². The monoisotopic (exact) mass is 366 g/mol. The lowest BCUT2D eigenvalue weighted by molar-refractivity contribution is -0.136. The highest BCUT2D eigenvalue weighted by molar-refractivity contribution is 6.01. The molecule has 1 atom stereocenters. The fourth-order valence-electron chi connectivity index (χ4n) is 3.47. The van der Waals surface area contributed by atoms with Gasteiger partial charge in [0.25, 0.3) is 0 Å². The van der Waals surface area contributed by atoms with Crippen molar-refractivity contribution in [3.8, 4) is 5.75 Å². The Morgan fingerprint density at radius 1 is 1.11 bits per heavy atom. The van der Waals surface area contributed by atoms with Crippen LogP contribution in [0, 0.1) is 5.92 Å². The third-order valence-electron chi connectivity index (χ3n) is 4.84. The maximum atomic E-state index is 13.0. The minimum atomic E-state index is -0.323. The number of carbonyl (C=O) groups excluding carboxylic acids is 2. The van der Waals surface area contributed by atoms with Crippen molar-refractivity contribution in [2.75, 3.05) is 24.6 Å². The van der Waals surface area contributed by atoms with Crippen LogP contribution in [0.1, 0.15) is 25.8 Å². The number of hydrogen-bond donors (Lipinski definition) is 0. The molecule has 0 aromatic heterocycles. The van der Waals surface area contributed by atoms with Crippen molar-refractivity contribution in [2.45, 2.75) is 26.8 Å². The van der Waals surface area contributed by atoms with Gasteiger partial charge in [0.2, 0.25) is 11.8 Å². The van der Waals surface area contributed by atoms with Gasteiger partial charge in [-0.15, -0.1) is 0 Å². The van der Waals surface area contributed by atoms with Crippen molar-refractivity contribution in [3.05, 3.63) is 60.2 Å². The fourth-order valence-corrected chi connectivity index (χ4v) is 3.47. The topological polar surface area (TPSA) is 49.9 Å². The third kappa shape index (κ3) is 4.30. The van der Waals surface area contributed by atoms with E-state index in [0.29, 0.717) is 32.0 Å². The normalized spacial score (nSPS) is 16.4. The summed E-state index contributed by atoms with van der Waals surface area (Å²) in [6, 6.07) is 17.4. The molecule has 1 aliphatic heterocycles. The lowest BCUT2D eigenvalue weighted by atomic mass is 10.1. The van der Waals surface area contributed by atoms with Crippen molar-refractivity contribution in [3.63, 3.8) is 0 Å². The quantitative estimate of drug-likeness (QED) is 0.754. The number of carbonyl (C=O) groups is 2. The average molecular weight is 366 g/mol. The van der Waals surface area contributed by atoms with Crippen molar-refractivity contribution >= 4 is 17.5 Å². The number of ether oxygens (including phenoxy) is 1. The number of nitrogens with zero attached hydrogens (tertiary/aromatic N) is 2. The Kier molecular flexibility index (Phi) is 6.12. The van der Waals surface area contributed by atoms with Gasteiger partial charge in [-0.1, -0.05) is 42.5 Å². The zero-order valence-electron chi connectivity index (χ0n) is 15.9. The zero-order valence-corrected chi connectivity index (χ0v) is 15.9. The molecule has 2 amide bonds. The Morgan fingerprint density at radius 2 is 1.81 bits per heavy atom. The fraction of sp³-hybridized carbons (Fsp3) is 0.364. The van der Waals surface area contributed by atoms with Crippen LogP contribution in [-0.2, 0) is 16.1 Å². The second kappa shape index (κ2) is 8.71. The second-order valence-corrected chi connectivity index (χ2v) is 6.64. The Balaban J connectivity index is 1.73. The molecule has 142 valence electrons. The van der Waals surface area contributed by atoms with Crippen LogP contribution < -0.4 is 9.64 Å².